The minimum atomic E-state index is -0.814. The zero-order chi connectivity index (χ0) is 50.2. The molecule has 17 nitrogen and oxygen atoms in total. The monoisotopic (exact) mass is 1000 g/mol. The summed E-state index contributed by atoms with van der Waals surface area (Å²) in [6.45, 7) is 15.3. The maximum absolute atomic E-state index is 13.1. The maximum atomic E-state index is 13.1. The normalized spacial score (nSPS) is 13.9. The Hall–Kier alpha value is -7.28. The second-order valence-corrected chi connectivity index (χ2v) is 18.6. The fourth-order valence-corrected chi connectivity index (χ4v) is 9.52. The van der Waals surface area contributed by atoms with E-state index >= 15 is 0 Å². The van der Waals surface area contributed by atoms with Crippen molar-refractivity contribution in [3.05, 3.63) is 141 Å². The van der Waals surface area contributed by atoms with Gasteiger partial charge < -0.3 is 15.3 Å². The van der Waals surface area contributed by atoms with Gasteiger partial charge in [-0.2, -0.15) is 19.2 Å². The minimum absolute atomic E-state index is 0. The SMILES string of the molecule is C.C.Cc1nn(-c2ccc3nnc(C)n3n2)c(C)c1CCC(=O)N1CCC(Cc2ccc(F)cc2)CC1.Cc1nn(-c2ccc3nnc(C)n3n2)c(C)c1CCC(=O)O.Fc1ccc(CC2CCNCC2)cc1. The van der Waals surface area contributed by atoms with Crippen LogP contribution in [0.5, 0.6) is 0 Å². The summed E-state index contributed by atoms with van der Waals surface area (Å²) in [6.07, 6.45) is 8.16. The van der Waals surface area contributed by atoms with Crippen molar-refractivity contribution in [3.8, 4) is 11.6 Å². The molecule has 0 radical (unpaired) electrons. The topological polar surface area (TPSA) is 191 Å². The van der Waals surface area contributed by atoms with Gasteiger partial charge in [0.25, 0.3) is 0 Å². The van der Waals surface area contributed by atoms with E-state index in [4.69, 9.17) is 10.2 Å². The van der Waals surface area contributed by atoms with Crippen LogP contribution in [0.4, 0.5) is 8.78 Å². The van der Waals surface area contributed by atoms with Crippen LogP contribution in [0.2, 0.25) is 0 Å². The number of carbonyl (C=O) groups excluding carboxylic acids is 1. The molecule has 2 aliphatic heterocycles. The van der Waals surface area contributed by atoms with Crippen molar-refractivity contribution < 1.29 is 23.5 Å². The molecular weight excluding hydrogens is 931 g/mol. The molecule has 0 aliphatic carbocycles. The Morgan fingerprint density at radius 1 is 0.575 bits per heavy atom. The van der Waals surface area contributed by atoms with Gasteiger partial charge in [0.1, 0.15) is 11.6 Å². The standard InChI is InChI=1S/C26H30FN7O.C14H16N6O2.C12H16FN.2CH4/c1-17-23(18(2)33(30-17)25-10-9-24-29-28-19(3)34(24)31-25)8-11-26(35)32-14-12-21(13-15-32)16-20-4-6-22(27)7-5-20;1-8-11(4-7-14(21)22)9(2)19(17-8)13-6-5-12-16-15-10(3)20(12)18-13;13-12-3-1-10(2-4-12)9-11-5-7-14-8-6-11;;/h4-7,9-10,21H,8,11-16H2,1-3H3;5-6H,4,7H2,1-3H3,(H,21,22);1-4,11,14H,5-9H2;2*1H4. The van der Waals surface area contributed by atoms with E-state index in [2.05, 4.69) is 41.0 Å². The molecule has 388 valence electrons. The molecule has 6 aromatic heterocycles. The zero-order valence-corrected chi connectivity index (χ0v) is 41.3. The number of nitrogens with zero attached hydrogens (tertiary/aromatic N) is 13. The van der Waals surface area contributed by atoms with Crippen LogP contribution >= 0.6 is 0 Å². The van der Waals surface area contributed by atoms with Gasteiger partial charge in [-0.1, -0.05) is 39.1 Å². The van der Waals surface area contributed by atoms with E-state index in [1.807, 2.05) is 99.7 Å². The summed E-state index contributed by atoms with van der Waals surface area (Å²) in [5, 5.41) is 46.6. The van der Waals surface area contributed by atoms with Gasteiger partial charge in [-0.15, -0.1) is 30.6 Å². The van der Waals surface area contributed by atoms with Crippen molar-refractivity contribution >= 4 is 23.2 Å². The molecule has 73 heavy (non-hydrogen) atoms. The van der Waals surface area contributed by atoms with Crippen molar-refractivity contribution in [1.29, 1.82) is 0 Å². The van der Waals surface area contributed by atoms with Crippen LogP contribution < -0.4 is 5.32 Å². The minimum Gasteiger partial charge on any atom is -0.481 e. The number of halogens is 2. The highest BCUT2D eigenvalue weighted by Crippen LogP contribution is 2.25. The Labute approximate surface area is 426 Å². The number of carbonyl (C=O) groups is 2. The van der Waals surface area contributed by atoms with E-state index in [0.717, 1.165) is 103 Å². The third-order valence-electron chi connectivity index (χ3n) is 13.6. The van der Waals surface area contributed by atoms with Crippen molar-refractivity contribution in [3.63, 3.8) is 0 Å². The second-order valence-electron chi connectivity index (χ2n) is 18.6. The van der Waals surface area contributed by atoms with Crippen molar-refractivity contribution in [2.24, 2.45) is 11.8 Å². The van der Waals surface area contributed by atoms with Crippen LogP contribution in [0.3, 0.4) is 0 Å². The van der Waals surface area contributed by atoms with Gasteiger partial charge in [0, 0.05) is 37.3 Å². The molecule has 2 fully saturated rings. The first-order valence-electron chi connectivity index (χ1n) is 24.4. The molecule has 2 saturated heterocycles. The number of benzene rings is 2. The van der Waals surface area contributed by atoms with E-state index in [1.54, 1.807) is 25.8 Å². The Morgan fingerprint density at radius 3 is 1.44 bits per heavy atom. The van der Waals surface area contributed by atoms with Gasteiger partial charge in [0.2, 0.25) is 5.91 Å². The van der Waals surface area contributed by atoms with Gasteiger partial charge >= 0.3 is 5.97 Å². The lowest BCUT2D eigenvalue weighted by Gasteiger charge is -2.32. The third kappa shape index (κ3) is 13.6. The Balaban J connectivity index is 0.000000195. The molecule has 0 bridgehead atoms. The lowest BCUT2D eigenvalue weighted by atomic mass is 9.90. The molecule has 1 amide bonds. The van der Waals surface area contributed by atoms with E-state index in [1.165, 1.54) is 30.5 Å². The largest absolute Gasteiger partial charge is 0.481 e. The number of aliphatic carboxylic acids is 1. The molecule has 8 heterocycles. The molecule has 2 aromatic carbocycles. The van der Waals surface area contributed by atoms with Gasteiger partial charge in [-0.25, -0.2) is 18.1 Å². The van der Waals surface area contributed by atoms with E-state index in [-0.39, 0.29) is 38.8 Å². The molecule has 0 unspecified atom stereocenters. The fraction of sp³-hybridized carbons (Fsp3) is 0.444. The van der Waals surface area contributed by atoms with E-state index in [9.17, 15) is 18.4 Å². The lowest BCUT2D eigenvalue weighted by molar-refractivity contribution is -0.137. The summed E-state index contributed by atoms with van der Waals surface area (Å²) in [4.78, 5) is 25.7. The van der Waals surface area contributed by atoms with Gasteiger partial charge in [-0.05, 0) is 189 Å². The molecule has 10 rings (SSSR count). The Morgan fingerprint density at radius 2 is 1.00 bits per heavy atom. The number of aryl methyl sites for hydroxylation is 4. The second kappa shape index (κ2) is 24.9. The van der Waals surface area contributed by atoms with Gasteiger partial charge in [-0.3, -0.25) is 9.59 Å². The van der Waals surface area contributed by atoms with E-state index in [0.29, 0.717) is 53.9 Å². The highest BCUT2D eigenvalue weighted by Gasteiger charge is 2.24. The highest BCUT2D eigenvalue weighted by atomic mass is 19.1. The zero-order valence-electron chi connectivity index (χ0n) is 41.3. The van der Waals surface area contributed by atoms with Crippen LogP contribution in [0.1, 0.15) is 110 Å². The number of carboxylic acid groups (broad SMARTS) is 1. The number of fused-ring (bicyclic) bond motifs is 2. The van der Waals surface area contributed by atoms with Crippen LogP contribution in [0.25, 0.3) is 22.9 Å². The van der Waals surface area contributed by atoms with Crippen molar-refractivity contribution in [2.75, 3.05) is 26.2 Å². The quantitative estimate of drug-likeness (QED) is 0.119. The van der Waals surface area contributed by atoms with Gasteiger partial charge in [0.15, 0.2) is 34.6 Å². The third-order valence-corrected chi connectivity index (χ3v) is 13.6. The number of aromatic nitrogens is 12. The molecule has 0 saturated carbocycles. The summed E-state index contributed by atoms with van der Waals surface area (Å²) in [5.41, 5.74) is 9.45. The molecule has 2 N–H and O–H groups in total. The number of hydrogen-bond acceptors (Lipinski definition) is 11. The van der Waals surface area contributed by atoms with Gasteiger partial charge in [0.05, 0.1) is 11.4 Å². The van der Waals surface area contributed by atoms with Crippen LogP contribution in [-0.4, -0.2) is 107 Å². The average molecular weight is 1000 g/mol. The highest BCUT2D eigenvalue weighted by molar-refractivity contribution is 5.76. The molecule has 0 atom stereocenters. The first-order valence-corrected chi connectivity index (χ1v) is 24.4. The summed E-state index contributed by atoms with van der Waals surface area (Å²) in [5.74, 6) is 3.11. The number of amides is 1. The number of rotatable bonds is 12. The Kier molecular flexibility index (Phi) is 18.8. The predicted molar refractivity (Wildman–Crippen MR) is 277 cm³/mol. The number of likely N-dealkylation sites (tertiary alicyclic amines) is 1. The van der Waals surface area contributed by atoms with Crippen LogP contribution in [-0.2, 0) is 35.3 Å². The maximum Gasteiger partial charge on any atom is 0.303 e. The van der Waals surface area contributed by atoms with Crippen molar-refractivity contribution in [1.82, 2.24) is 69.4 Å². The van der Waals surface area contributed by atoms with Crippen molar-refractivity contribution in [2.45, 2.75) is 121 Å². The smallest absolute Gasteiger partial charge is 0.303 e. The summed E-state index contributed by atoms with van der Waals surface area (Å²) in [6, 6.07) is 21.1. The molecule has 2 aliphatic rings. The van der Waals surface area contributed by atoms with Crippen LogP contribution in [0.15, 0.2) is 72.8 Å². The molecule has 19 heteroatoms. The molecule has 0 spiro atoms. The summed E-state index contributed by atoms with van der Waals surface area (Å²) >= 11 is 0. The average Bonchev–Trinajstić information content (AvgIpc) is 4.10. The summed E-state index contributed by atoms with van der Waals surface area (Å²) < 4.78 is 32.7. The Bertz CT molecular complexity index is 3090. The number of nitrogens with one attached hydrogen (secondary N) is 1. The predicted octanol–water partition coefficient (Wildman–Crippen LogP) is 8.68. The number of hydrogen-bond donors (Lipinski definition) is 2. The number of piperidine rings is 2. The lowest BCUT2D eigenvalue weighted by Crippen LogP contribution is -2.39. The summed E-state index contributed by atoms with van der Waals surface area (Å²) in [7, 11) is 0. The first-order chi connectivity index (χ1) is 34.2. The fourth-order valence-electron chi connectivity index (χ4n) is 9.52. The first kappa shape index (κ1) is 55.0. The molecular formula is C54H70F2N14O3. The van der Waals surface area contributed by atoms with Crippen LogP contribution in [0, 0.1) is 65.0 Å². The number of carboxylic acids is 1. The van der Waals surface area contributed by atoms with E-state index < -0.39 is 5.97 Å². The molecule has 8 aromatic rings.